The summed E-state index contributed by atoms with van der Waals surface area (Å²) in [6.07, 6.45) is 9.00. The molecule has 2 heteroatoms. The van der Waals surface area contributed by atoms with Crippen LogP contribution in [-0.2, 0) is 11.2 Å². The number of carbonyl (C=O) groups is 1. The lowest BCUT2D eigenvalue weighted by molar-refractivity contribution is -0.121. The summed E-state index contributed by atoms with van der Waals surface area (Å²) in [4.78, 5) is 12.3. The van der Waals surface area contributed by atoms with Crippen LogP contribution in [0.5, 0.6) is 0 Å². The van der Waals surface area contributed by atoms with E-state index in [1.165, 1.54) is 18.4 Å². The van der Waals surface area contributed by atoms with Crippen LogP contribution in [0.2, 0.25) is 0 Å². The Bertz CT molecular complexity index is 619. The first-order valence-corrected chi connectivity index (χ1v) is 8.84. The van der Waals surface area contributed by atoms with Gasteiger partial charge in [0.2, 0.25) is 5.91 Å². The molecule has 0 saturated carbocycles. The van der Waals surface area contributed by atoms with Crippen LogP contribution in [0, 0.1) is 0 Å². The van der Waals surface area contributed by atoms with Gasteiger partial charge in [-0.25, -0.2) is 0 Å². The van der Waals surface area contributed by atoms with E-state index in [4.69, 9.17) is 0 Å². The molecule has 0 aliphatic rings. The zero-order chi connectivity index (χ0) is 17.0. The zero-order valence-corrected chi connectivity index (χ0v) is 14.4. The van der Waals surface area contributed by atoms with Gasteiger partial charge < -0.3 is 5.32 Å². The molecule has 0 radical (unpaired) electrons. The van der Waals surface area contributed by atoms with E-state index in [-0.39, 0.29) is 11.9 Å². The van der Waals surface area contributed by atoms with Crippen LogP contribution < -0.4 is 5.32 Å². The minimum atomic E-state index is -0.0497. The van der Waals surface area contributed by atoms with E-state index in [9.17, 15) is 4.79 Å². The summed E-state index contributed by atoms with van der Waals surface area (Å²) in [5, 5.41) is 3.15. The van der Waals surface area contributed by atoms with Crippen molar-refractivity contribution < 1.29 is 4.79 Å². The number of hydrogen-bond donors (Lipinski definition) is 1. The fourth-order valence-electron chi connectivity index (χ4n) is 2.61. The lowest BCUT2D eigenvalue weighted by Crippen LogP contribution is -2.27. The molecule has 1 atom stereocenters. The van der Waals surface area contributed by atoms with Crippen LogP contribution in [0.4, 0.5) is 0 Å². The number of hydrogen-bond acceptors (Lipinski definition) is 1. The first-order valence-electron chi connectivity index (χ1n) is 8.84. The predicted molar refractivity (Wildman–Crippen MR) is 101 cm³/mol. The quantitative estimate of drug-likeness (QED) is 0.498. The van der Waals surface area contributed by atoms with Gasteiger partial charge in [0.1, 0.15) is 0 Å². The highest BCUT2D eigenvalue weighted by Gasteiger charge is 2.11. The molecule has 2 rings (SSSR count). The first kappa shape index (κ1) is 18.0. The lowest BCUT2D eigenvalue weighted by Gasteiger charge is -2.16. The first-order chi connectivity index (χ1) is 11.8. The second kappa shape index (κ2) is 10.4. The Morgan fingerprint density at radius 3 is 2.38 bits per heavy atom. The molecular weight excluding hydrogens is 294 g/mol. The second-order valence-corrected chi connectivity index (χ2v) is 6.01. The van der Waals surface area contributed by atoms with Gasteiger partial charge in [-0.15, -0.1) is 0 Å². The van der Waals surface area contributed by atoms with E-state index >= 15 is 0 Å². The Morgan fingerprint density at radius 2 is 1.71 bits per heavy atom. The molecule has 2 aromatic carbocycles. The molecule has 0 fully saturated rings. The minimum Gasteiger partial charge on any atom is -0.346 e. The smallest absolute Gasteiger partial charge is 0.221 e. The third kappa shape index (κ3) is 6.41. The van der Waals surface area contributed by atoms with Gasteiger partial charge in [-0.2, -0.15) is 0 Å². The second-order valence-electron chi connectivity index (χ2n) is 6.01. The number of benzene rings is 2. The zero-order valence-electron chi connectivity index (χ0n) is 14.4. The van der Waals surface area contributed by atoms with Gasteiger partial charge in [0, 0.05) is 6.42 Å². The molecule has 2 nitrogen and oxygen atoms in total. The molecule has 0 aliphatic heterocycles. The molecule has 2 aromatic rings. The van der Waals surface area contributed by atoms with Crippen LogP contribution in [-0.4, -0.2) is 5.91 Å². The number of amides is 1. The molecule has 0 aromatic heterocycles. The van der Waals surface area contributed by atoms with Gasteiger partial charge in [-0.3, -0.25) is 4.79 Å². The molecule has 0 heterocycles. The van der Waals surface area contributed by atoms with Crippen LogP contribution >= 0.6 is 0 Å². The minimum absolute atomic E-state index is 0.0497. The monoisotopic (exact) mass is 321 g/mol. The van der Waals surface area contributed by atoms with Gasteiger partial charge >= 0.3 is 0 Å². The summed E-state index contributed by atoms with van der Waals surface area (Å²) in [5.41, 5.74) is 2.32. The van der Waals surface area contributed by atoms with E-state index in [1.807, 2.05) is 36.4 Å². The summed E-state index contributed by atoms with van der Waals surface area (Å²) >= 11 is 0. The highest BCUT2D eigenvalue weighted by atomic mass is 16.1. The largest absolute Gasteiger partial charge is 0.346 e. The molecule has 1 N–H and O–H groups in total. The topological polar surface area (TPSA) is 29.1 Å². The Kier molecular flexibility index (Phi) is 7.82. The third-order valence-electron chi connectivity index (χ3n) is 4.01. The maximum atomic E-state index is 12.3. The summed E-state index contributed by atoms with van der Waals surface area (Å²) in [6.45, 7) is 2.19. The normalized spacial score (nSPS) is 12.2. The number of nitrogens with one attached hydrogen (secondary N) is 1. The molecule has 0 aliphatic carbocycles. The highest BCUT2D eigenvalue weighted by molar-refractivity contribution is 5.77. The predicted octanol–water partition coefficient (Wildman–Crippen LogP) is 5.22. The number of aryl methyl sites for hydroxylation is 1. The number of carbonyl (C=O) groups excluding carboxylic acids is 1. The summed E-state index contributed by atoms with van der Waals surface area (Å²) < 4.78 is 0. The van der Waals surface area contributed by atoms with Crippen LogP contribution in [0.1, 0.15) is 49.8 Å². The maximum Gasteiger partial charge on any atom is 0.221 e. The van der Waals surface area contributed by atoms with Crippen molar-refractivity contribution in [3.05, 3.63) is 83.9 Å². The van der Waals surface area contributed by atoms with E-state index in [2.05, 4.69) is 48.7 Å². The summed E-state index contributed by atoms with van der Waals surface area (Å²) in [5.74, 6) is 0.0906. The van der Waals surface area contributed by atoms with E-state index in [0.29, 0.717) is 6.42 Å². The molecular formula is C22H27NO. The van der Waals surface area contributed by atoms with E-state index in [1.54, 1.807) is 0 Å². The van der Waals surface area contributed by atoms with Crippen molar-refractivity contribution in [2.24, 2.45) is 0 Å². The van der Waals surface area contributed by atoms with Crippen molar-refractivity contribution in [2.45, 2.75) is 45.1 Å². The van der Waals surface area contributed by atoms with Gasteiger partial charge in [0.05, 0.1) is 6.04 Å². The Labute approximate surface area is 145 Å². The SMILES string of the molecule is CCCCC=CC(NC(=O)CCc1ccccc1)c1ccccc1. The third-order valence-corrected chi connectivity index (χ3v) is 4.01. The summed E-state index contributed by atoms with van der Waals surface area (Å²) in [7, 11) is 0. The van der Waals surface area contributed by atoms with Crippen molar-refractivity contribution >= 4 is 5.91 Å². The van der Waals surface area contributed by atoms with Crippen molar-refractivity contribution in [1.29, 1.82) is 0 Å². The molecule has 126 valence electrons. The fraction of sp³-hybridized carbons (Fsp3) is 0.318. The van der Waals surface area contributed by atoms with Crippen molar-refractivity contribution in [3.8, 4) is 0 Å². The molecule has 1 amide bonds. The standard InChI is InChI=1S/C22H27NO/c1-2-3-4-11-16-21(20-14-9-6-10-15-20)23-22(24)18-17-19-12-7-5-8-13-19/h5-16,21H,2-4,17-18H2,1H3,(H,23,24). The van der Waals surface area contributed by atoms with E-state index in [0.717, 1.165) is 18.4 Å². The van der Waals surface area contributed by atoms with Crippen LogP contribution in [0.15, 0.2) is 72.8 Å². The molecule has 0 spiro atoms. The maximum absolute atomic E-state index is 12.3. The number of allylic oxidation sites excluding steroid dienone is 1. The lowest BCUT2D eigenvalue weighted by atomic mass is 10.0. The fourth-order valence-corrected chi connectivity index (χ4v) is 2.61. The Hall–Kier alpha value is -2.35. The van der Waals surface area contributed by atoms with Gasteiger partial charge in [-0.1, -0.05) is 92.6 Å². The molecule has 0 bridgehead atoms. The van der Waals surface area contributed by atoms with Gasteiger partial charge in [0.25, 0.3) is 0 Å². The molecule has 1 unspecified atom stereocenters. The molecule has 0 saturated heterocycles. The Balaban J connectivity index is 1.94. The molecule has 24 heavy (non-hydrogen) atoms. The van der Waals surface area contributed by atoms with Crippen LogP contribution in [0.25, 0.3) is 0 Å². The Morgan fingerprint density at radius 1 is 1.04 bits per heavy atom. The number of unbranched alkanes of at least 4 members (excludes halogenated alkanes) is 2. The van der Waals surface area contributed by atoms with Gasteiger partial charge in [-0.05, 0) is 24.0 Å². The van der Waals surface area contributed by atoms with Crippen LogP contribution in [0.3, 0.4) is 0 Å². The average molecular weight is 321 g/mol. The summed E-state index contributed by atoms with van der Waals surface area (Å²) in [6, 6.07) is 20.2. The van der Waals surface area contributed by atoms with Gasteiger partial charge in [0.15, 0.2) is 0 Å². The average Bonchev–Trinajstić information content (AvgIpc) is 2.64. The number of rotatable bonds is 9. The van der Waals surface area contributed by atoms with E-state index < -0.39 is 0 Å². The van der Waals surface area contributed by atoms with Crippen molar-refractivity contribution in [2.75, 3.05) is 0 Å². The highest BCUT2D eigenvalue weighted by Crippen LogP contribution is 2.15. The van der Waals surface area contributed by atoms with Crippen molar-refractivity contribution in [3.63, 3.8) is 0 Å². The van der Waals surface area contributed by atoms with Crippen molar-refractivity contribution in [1.82, 2.24) is 5.32 Å².